The maximum absolute atomic E-state index is 11.1. The number of anilines is 1. The first-order valence-corrected chi connectivity index (χ1v) is 5.05. The highest BCUT2D eigenvalue weighted by Gasteiger charge is 2.17. The van der Waals surface area contributed by atoms with Crippen molar-refractivity contribution in [3.05, 3.63) is 23.8 Å². The minimum Gasteiger partial charge on any atom is -0.494 e. The molecule has 0 fully saturated rings. The van der Waals surface area contributed by atoms with Crippen molar-refractivity contribution in [2.45, 2.75) is 12.8 Å². The molecule has 1 amide bonds. The highest BCUT2D eigenvalue weighted by molar-refractivity contribution is 5.99. The molecule has 0 saturated heterocycles. The highest BCUT2D eigenvalue weighted by atomic mass is 16.5. The van der Waals surface area contributed by atoms with Crippen molar-refractivity contribution >= 4 is 11.6 Å². The van der Waals surface area contributed by atoms with Crippen LogP contribution in [0.25, 0.3) is 0 Å². The highest BCUT2D eigenvalue weighted by Crippen LogP contribution is 2.27. The molecule has 3 N–H and O–H groups in total. The van der Waals surface area contributed by atoms with E-state index in [9.17, 15) is 4.79 Å². The van der Waals surface area contributed by atoms with Gasteiger partial charge in [0.25, 0.3) is 0 Å². The number of benzene rings is 1. The zero-order valence-corrected chi connectivity index (χ0v) is 8.45. The summed E-state index contributed by atoms with van der Waals surface area (Å²) in [4.78, 5) is 11.1. The van der Waals surface area contributed by atoms with Gasteiger partial charge < -0.3 is 15.8 Å². The summed E-state index contributed by atoms with van der Waals surface area (Å²) in [7, 11) is 0. The molecule has 2 rings (SSSR count). The molecule has 0 radical (unpaired) electrons. The van der Waals surface area contributed by atoms with Gasteiger partial charge >= 0.3 is 0 Å². The molecule has 0 saturated carbocycles. The second-order valence-electron chi connectivity index (χ2n) is 3.53. The lowest BCUT2D eigenvalue weighted by molar-refractivity contribution is -0.115. The summed E-state index contributed by atoms with van der Waals surface area (Å²) < 4.78 is 5.49. The number of hydrogen-bond donors (Lipinski definition) is 2. The van der Waals surface area contributed by atoms with Gasteiger partial charge in [0.1, 0.15) is 5.75 Å². The number of amides is 1. The number of carbonyl (C=O) groups is 1. The van der Waals surface area contributed by atoms with Crippen LogP contribution in [0.4, 0.5) is 5.69 Å². The third kappa shape index (κ3) is 2.27. The lowest BCUT2D eigenvalue weighted by Crippen LogP contribution is -2.06. The SMILES string of the molecule is NCCCOc1ccc2c(c1)CC(=O)N2. The zero-order valence-electron chi connectivity index (χ0n) is 8.45. The first-order chi connectivity index (χ1) is 7.29. The third-order valence-corrected chi connectivity index (χ3v) is 2.32. The third-order valence-electron chi connectivity index (χ3n) is 2.32. The number of fused-ring (bicyclic) bond motifs is 1. The van der Waals surface area contributed by atoms with Gasteiger partial charge in [-0.25, -0.2) is 0 Å². The lowest BCUT2D eigenvalue weighted by atomic mass is 10.1. The van der Waals surface area contributed by atoms with Crippen LogP contribution in [0.5, 0.6) is 5.75 Å². The normalized spacial score (nSPS) is 13.5. The molecule has 0 aliphatic carbocycles. The Kier molecular flexibility index (Phi) is 2.87. The van der Waals surface area contributed by atoms with Crippen molar-refractivity contribution < 1.29 is 9.53 Å². The fraction of sp³-hybridized carbons (Fsp3) is 0.364. The average Bonchev–Trinajstić information content (AvgIpc) is 2.57. The van der Waals surface area contributed by atoms with Gasteiger partial charge in [-0.3, -0.25) is 4.79 Å². The lowest BCUT2D eigenvalue weighted by Gasteiger charge is -2.06. The van der Waals surface area contributed by atoms with Gasteiger partial charge in [-0.05, 0) is 36.7 Å². The van der Waals surface area contributed by atoms with E-state index in [4.69, 9.17) is 10.5 Å². The molecule has 1 aliphatic rings. The molecule has 0 spiro atoms. The summed E-state index contributed by atoms with van der Waals surface area (Å²) in [5.41, 5.74) is 7.27. The van der Waals surface area contributed by atoms with Crippen LogP contribution in [0.3, 0.4) is 0 Å². The molecule has 0 aromatic heterocycles. The Labute approximate surface area is 88.4 Å². The fourth-order valence-corrected chi connectivity index (χ4v) is 1.57. The molecule has 4 nitrogen and oxygen atoms in total. The van der Waals surface area contributed by atoms with Crippen LogP contribution in [0.1, 0.15) is 12.0 Å². The zero-order chi connectivity index (χ0) is 10.7. The average molecular weight is 206 g/mol. The molecule has 0 unspecified atom stereocenters. The molecule has 0 bridgehead atoms. The van der Waals surface area contributed by atoms with Crippen molar-refractivity contribution in [3.8, 4) is 5.75 Å². The van der Waals surface area contributed by atoms with Crippen LogP contribution in [0, 0.1) is 0 Å². The molecule has 15 heavy (non-hydrogen) atoms. The Hall–Kier alpha value is -1.55. The number of nitrogens with two attached hydrogens (primary N) is 1. The predicted octanol–water partition coefficient (Wildman–Crippen LogP) is 0.909. The van der Waals surface area contributed by atoms with E-state index in [0.29, 0.717) is 19.6 Å². The standard InChI is InChI=1S/C11H14N2O2/c12-4-1-5-15-9-2-3-10-8(6-9)7-11(14)13-10/h2-3,6H,1,4-5,7,12H2,(H,13,14). The Balaban J connectivity index is 2.03. The van der Waals surface area contributed by atoms with Crippen molar-refractivity contribution in [1.29, 1.82) is 0 Å². The van der Waals surface area contributed by atoms with Crippen LogP contribution in [-0.4, -0.2) is 19.1 Å². The van der Waals surface area contributed by atoms with Gasteiger partial charge in [0.05, 0.1) is 13.0 Å². The van der Waals surface area contributed by atoms with Gasteiger partial charge in [-0.1, -0.05) is 0 Å². The van der Waals surface area contributed by atoms with Crippen LogP contribution in [0.2, 0.25) is 0 Å². The van der Waals surface area contributed by atoms with Crippen molar-refractivity contribution in [2.24, 2.45) is 5.73 Å². The van der Waals surface area contributed by atoms with E-state index >= 15 is 0 Å². The molecule has 1 aromatic rings. The van der Waals surface area contributed by atoms with E-state index in [1.807, 2.05) is 18.2 Å². The Morgan fingerprint density at radius 1 is 1.47 bits per heavy atom. The van der Waals surface area contributed by atoms with Gasteiger partial charge in [-0.2, -0.15) is 0 Å². The molecule has 1 heterocycles. The molecular weight excluding hydrogens is 192 g/mol. The van der Waals surface area contributed by atoms with Gasteiger partial charge in [0.2, 0.25) is 5.91 Å². The van der Waals surface area contributed by atoms with Gasteiger partial charge in [-0.15, -0.1) is 0 Å². The molecule has 80 valence electrons. The molecule has 0 atom stereocenters. The smallest absolute Gasteiger partial charge is 0.228 e. The van der Waals surface area contributed by atoms with Crippen molar-refractivity contribution in [3.63, 3.8) is 0 Å². The van der Waals surface area contributed by atoms with E-state index in [2.05, 4.69) is 5.32 Å². The second kappa shape index (κ2) is 4.31. The summed E-state index contributed by atoms with van der Waals surface area (Å²) in [6.45, 7) is 1.25. The minimum absolute atomic E-state index is 0.0455. The van der Waals surface area contributed by atoms with E-state index in [1.165, 1.54) is 0 Å². The van der Waals surface area contributed by atoms with E-state index < -0.39 is 0 Å². The van der Waals surface area contributed by atoms with Gasteiger partial charge in [0.15, 0.2) is 0 Å². The van der Waals surface area contributed by atoms with E-state index in [1.54, 1.807) is 0 Å². The topological polar surface area (TPSA) is 64.3 Å². The van der Waals surface area contributed by atoms with E-state index in [-0.39, 0.29) is 5.91 Å². The number of ether oxygens (including phenoxy) is 1. The Morgan fingerprint density at radius 2 is 2.33 bits per heavy atom. The maximum Gasteiger partial charge on any atom is 0.228 e. The molecule has 1 aliphatic heterocycles. The largest absolute Gasteiger partial charge is 0.494 e. The summed E-state index contributed by atoms with van der Waals surface area (Å²) in [5, 5.41) is 2.78. The number of hydrogen-bond acceptors (Lipinski definition) is 3. The number of carbonyl (C=O) groups excluding carboxylic acids is 1. The van der Waals surface area contributed by atoms with Crippen LogP contribution < -0.4 is 15.8 Å². The summed E-state index contributed by atoms with van der Waals surface area (Å²) in [6.07, 6.45) is 1.29. The monoisotopic (exact) mass is 206 g/mol. The summed E-state index contributed by atoms with van der Waals surface area (Å²) in [5.74, 6) is 0.850. The Bertz CT molecular complexity index is 377. The van der Waals surface area contributed by atoms with Crippen LogP contribution >= 0.6 is 0 Å². The summed E-state index contributed by atoms with van der Waals surface area (Å²) in [6, 6.07) is 5.64. The number of nitrogens with one attached hydrogen (secondary N) is 1. The fourth-order valence-electron chi connectivity index (χ4n) is 1.57. The van der Waals surface area contributed by atoms with Crippen molar-refractivity contribution in [2.75, 3.05) is 18.5 Å². The first kappa shape index (κ1) is 9.98. The number of rotatable bonds is 4. The van der Waals surface area contributed by atoms with Crippen LogP contribution in [-0.2, 0) is 11.2 Å². The maximum atomic E-state index is 11.1. The van der Waals surface area contributed by atoms with Gasteiger partial charge in [0, 0.05) is 5.69 Å². The quantitative estimate of drug-likeness (QED) is 0.720. The molecule has 1 aromatic carbocycles. The van der Waals surface area contributed by atoms with E-state index in [0.717, 1.165) is 23.4 Å². The minimum atomic E-state index is 0.0455. The second-order valence-corrected chi connectivity index (χ2v) is 3.53. The summed E-state index contributed by atoms with van der Waals surface area (Å²) >= 11 is 0. The molecular formula is C11H14N2O2. The predicted molar refractivity (Wildman–Crippen MR) is 57.9 cm³/mol. The van der Waals surface area contributed by atoms with Crippen molar-refractivity contribution in [1.82, 2.24) is 0 Å². The first-order valence-electron chi connectivity index (χ1n) is 5.05. The Morgan fingerprint density at radius 3 is 3.13 bits per heavy atom. The molecule has 4 heteroatoms. The van der Waals surface area contributed by atoms with Crippen LogP contribution in [0.15, 0.2) is 18.2 Å².